The van der Waals surface area contributed by atoms with Gasteiger partial charge in [-0.2, -0.15) is 5.26 Å². The molecule has 25 heavy (non-hydrogen) atoms. The molecule has 134 valence electrons. The number of ether oxygens (including phenoxy) is 2. The molecule has 0 spiro atoms. The van der Waals surface area contributed by atoms with Crippen LogP contribution in [0.3, 0.4) is 0 Å². The molecule has 1 aromatic carbocycles. The second-order valence-electron chi connectivity index (χ2n) is 5.57. The summed E-state index contributed by atoms with van der Waals surface area (Å²) in [4.78, 5) is 14.3. The quantitative estimate of drug-likeness (QED) is 0.532. The molecule has 0 unspecified atom stereocenters. The average Bonchev–Trinajstić information content (AvgIpc) is 2.66. The van der Waals surface area contributed by atoms with E-state index in [1.165, 1.54) is 6.20 Å². The standard InChI is InChI=1S/C18H24N4O3/c1-24-17-5-3-2-4-15(17)13-20-14-16(12-19)18(23)21-6-7-22-8-10-25-11-9-22/h2-5,14,20H,6-11,13H2,1H3,(H,21,23)/b16-14-. The van der Waals surface area contributed by atoms with E-state index in [1.807, 2.05) is 30.3 Å². The number of hydrogen-bond acceptors (Lipinski definition) is 6. The molecule has 0 aliphatic carbocycles. The Labute approximate surface area is 148 Å². The minimum atomic E-state index is -0.372. The maximum Gasteiger partial charge on any atom is 0.263 e. The van der Waals surface area contributed by atoms with Crippen molar-refractivity contribution in [1.82, 2.24) is 15.5 Å². The van der Waals surface area contributed by atoms with Crippen molar-refractivity contribution in [1.29, 1.82) is 5.26 Å². The van der Waals surface area contributed by atoms with Gasteiger partial charge in [-0.3, -0.25) is 9.69 Å². The molecule has 0 bridgehead atoms. The number of nitrogens with one attached hydrogen (secondary N) is 2. The molecule has 1 aromatic rings. The summed E-state index contributed by atoms with van der Waals surface area (Å²) in [5.74, 6) is 0.389. The maximum absolute atomic E-state index is 12.1. The van der Waals surface area contributed by atoms with E-state index in [1.54, 1.807) is 7.11 Å². The molecule has 0 saturated carbocycles. The Kier molecular flexibility index (Phi) is 7.76. The van der Waals surface area contributed by atoms with Gasteiger partial charge in [-0.25, -0.2) is 0 Å². The highest BCUT2D eigenvalue weighted by atomic mass is 16.5. The van der Waals surface area contributed by atoms with Gasteiger partial charge in [0.25, 0.3) is 5.91 Å². The van der Waals surface area contributed by atoms with Gasteiger partial charge in [0.1, 0.15) is 17.4 Å². The third-order valence-corrected chi connectivity index (χ3v) is 3.91. The average molecular weight is 344 g/mol. The highest BCUT2D eigenvalue weighted by molar-refractivity contribution is 5.97. The Morgan fingerprint density at radius 1 is 1.40 bits per heavy atom. The number of hydrogen-bond donors (Lipinski definition) is 2. The summed E-state index contributed by atoms with van der Waals surface area (Å²) in [6.45, 7) is 4.92. The summed E-state index contributed by atoms with van der Waals surface area (Å²) in [5, 5.41) is 14.9. The highest BCUT2D eigenvalue weighted by Gasteiger charge is 2.12. The zero-order valence-electron chi connectivity index (χ0n) is 14.5. The monoisotopic (exact) mass is 344 g/mol. The molecule has 7 nitrogen and oxygen atoms in total. The van der Waals surface area contributed by atoms with E-state index < -0.39 is 0 Å². The summed E-state index contributed by atoms with van der Waals surface area (Å²) in [5.41, 5.74) is 1.00. The molecule has 2 rings (SSSR count). The number of nitriles is 1. The summed E-state index contributed by atoms with van der Waals surface area (Å²) in [6, 6.07) is 9.52. The van der Waals surface area contributed by atoms with Gasteiger partial charge in [0.15, 0.2) is 0 Å². The Balaban J connectivity index is 1.78. The molecule has 2 N–H and O–H groups in total. The third kappa shape index (κ3) is 6.10. The van der Waals surface area contributed by atoms with Crippen molar-refractivity contribution in [3.05, 3.63) is 41.6 Å². The topological polar surface area (TPSA) is 86.6 Å². The van der Waals surface area contributed by atoms with Gasteiger partial charge in [-0.15, -0.1) is 0 Å². The smallest absolute Gasteiger partial charge is 0.263 e. The number of carbonyl (C=O) groups excluding carboxylic acids is 1. The number of para-hydroxylation sites is 1. The van der Waals surface area contributed by atoms with Gasteiger partial charge >= 0.3 is 0 Å². The third-order valence-electron chi connectivity index (χ3n) is 3.91. The molecule has 0 atom stereocenters. The van der Waals surface area contributed by atoms with E-state index in [0.717, 1.165) is 44.2 Å². The first kappa shape index (κ1) is 18.8. The predicted octanol–water partition coefficient (Wildman–Crippen LogP) is 0.641. The van der Waals surface area contributed by atoms with Crippen molar-refractivity contribution in [2.75, 3.05) is 46.5 Å². The van der Waals surface area contributed by atoms with Crippen molar-refractivity contribution in [3.63, 3.8) is 0 Å². The van der Waals surface area contributed by atoms with Crippen LogP contribution >= 0.6 is 0 Å². The number of benzene rings is 1. The first-order valence-electron chi connectivity index (χ1n) is 8.28. The van der Waals surface area contributed by atoms with Crippen LogP contribution in [0.2, 0.25) is 0 Å². The van der Waals surface area contributed by atoms with Gasteiger partial charge in [0, 0.05) is 44.5 Å². The zero-order valence-corrected chi connectivity index (χ0v) is 14.5. The lowest BCUT2D eigenvalue weighted by Gasteiger charge is -2.26. The lowest BCUT2D eigenvalue weighted by Crippen LogP contribution is -2.41. The fourth-order valence-electron chi connectivity index (χ4n) is 2.51. The Morgan fingerprint density at radius 3 is 2.88 bits per heavy atom. The van der Waals surface area contributed by atoms with Crippen LogP contribution in [0, 0.1) is 11.3 Å². The fraction of sp³-hybridized carbons (Fsp3) is 0.444. The van der Waals surface area contributed by atoms with Gasteiger partial charge in [0.05, 0.1) is 20.3 Å². The fourth-order valence-corrected chi connectivity index (χ4v) is 2.51. The Hall–Kier alpha value is -2.56. The largest absolute Gasteiger partial charge is 0.496 e. The van der Waals surface area contributed by atoms with Crippen LogP contribution in [0.5, 0.6) is 5.75 Å². The van der Waals surface area contributed by atoms with Gasteiger partial charge in [-0.05, 0) is 6.07 Å². The molecule has 1 saturated heterocycles. The van der Waals surface area contributed by atoms with Crippen molar-refractivity contribution in [3.8, 4) is 11.8 Å². The number of morpholine rings is 1. The van der Waals surface area contributed by atoms with Crippen LogP contribution in [0.4, 0.5) is 0 Å². The molecular weight excluding hydrogens is 320 g/mol. The zero-order chi connectivity index (χ0) is 17.9. The summed E-state index contributed by atoms with van der Waals surface area (Å²) in [6.07, 6.45) is 1.44. The van der Waals surface area contributed by atoms with E-state index in [-0.39, 0.29) is 11.5 Å². The predicted molar refractivity (Wildman–Crippen MR) is 93.8 cm³/mol. The van der Waals surface area contributed by atoms with Gasteiger partial charge in [0.2, 0.25) is 0 Å². The number of carbonyl (C=O) groups is 1. The Bertz CT molecular complexity index is 633. The van der Waals surface area contributed by atoms with Crippen molar-refractivity contribution >= 4 is 5.91 Å². The summed E-state index contributed by atoms with van der Waals surface area (Å²) >= 11 is 0. The van der Waals surface area contributed by atoms with Crippen LogP contribution in [-0.2, 0) is 16.1 Å². The second kappa shape index (κ2) is 10.3. The lowest BCUT2D eigenvalue weighted by atomic mass is 10.2. The minimum Gasteiger partial charge on any atom is -0.496 e. The van der Waals surface area contributed by atoms with E-state index >= 15 is 0 Å². The molecule has 0 aromatic heterocycles. The van der Waals surface area contributed by atoms with Crippen molar-refractivity contribution in [2.45, 2.75) is 6.54 Å². The number of nitrogens with zero attached hydrogens (tertiary/aromatic N) is 2. The summed E-state index contributed by atoms with van der Waals surface area (Å²) in [7, 11) is 1.61. The van der Waals surface area contributed by atoms with Crippen LogP contribution in [0.1, 0.15) is 5.56 Å². The van der Waals surface area contributed by atoms with Gasteiger partial charge < -0.3 is 20.1 Å². The van der Waals surface area contributed by atoms with E-state index in [2.05, 4.69) is 15.5 Å². The maximum atomic E-state index is 12.1. The molecule has 1 aliphatic rings. The number of amides is 1. The Morgan fingerprint density at radius 2 is 2.16 bits per heavy atom. The van der Waals surface area contributed by atoms with E-state index in [9.17, 15) is 10.1 Å². The molecule has 1 heterocycles. The normalized spacial score (nSPS) is 15.3. The first-order chi connectivity index (χ1) is 12.2. The molecular formula is C18H24N4O3. The number of rotatable bonds is 8. The van der Waals surface area contributed by atoms with Gasteiger partial charge in [-0.1, -0.05) is 18.2 Å². The minimum absolute atomic E-state index is 0.0527. The lowest BCUT2D eigenvalue weighted by molar-refractivity contribution is -0.117. The molecule has 1 aliphatic heterocycles. The van der Waals surface area contributed by atoms with Crippen LogP contribution < -0.4 is 15.4 Å². The molecule has 0 radical (unpaired) electrons. The number of methoxy groups -OCH3 is 1. The van der Waals surface area contributed by atoms with E-state index in [4.69, 9.17) is 9.47 Å². The van der Waals surface area contributed by atoms with E-state index in [0.29, 0.717) is 13.1 Å². The first-order valence-corrected chi connectivity index (χ1v) is 8.28. The van der Waals surface area contributed by atoms with Crippen molar-refractivity contribution in [2.24, 2.45) is 0 Å². The molecule has 1 fully saturated rings. The van der Waals surface area contributed by atoms with Crippen LogP contribution in [0.15, 0.2) is 36.0 Å². The molecule has 1 amide bonds. The highest BCUT2D eigenvalue weighted by Crippen LogP contribution is 2.16. The van der Waals surface area contributed by atoms with Crippen molar-refractivity contribution < 1.29 is 14.3 Å². The molecule has 7 heteroatoms. The van der Waals surface area contributed by atoms with Crippen LogP contribution in [0.25, 0.3) is 0 Å². The second-order valence-corrected chi connectivity index (χ2v) is 5.57. The summed E-state index contributed by atoms with van der Waals surface area (Å²) < 4.78 is 10.6. The SMILES string of the molecule is COc1ccccc1CN/C=C(/C#N)C(=O)NCCN1CCOCC1. The van der Waals surface area contributed by atoms with Crippen LogP contribution in [-0.4, -0.2) is 57.3 Å².